The quantitative estimate of drug-likeness (QED) is 0.556. The van der Waals surface area contributed by atoms with Gasteiger partial charge in [0.25, 0.3) is 0 Å². The van der Waals surface area contributed by atoms with Crippen LogP contribution >= 0.6 is 11.6 Å². The Labute approximate surface area is 152 Å². The first kappa shape index (κ1) is 17.6. The monoisotopic (exact) mass is 377 g/mol. The number of rotatable bonds is 4. The van der Waals surface area contributed by atoms with E-state index in [0.29, 0.717) is 5.56 Å². The molecule has 9 heteroatoms. The van der Waals surface area contributed by atoms with Crippen LogP contribution in [-0.4, -0.2) is 26.5 Å². The van der Waals surface area contributed by atoms with E-state index in [1.165, 1.54) is 36.5 Å². The molecule has 3 aromatic rings. The Bertz CT molecular complexity index is 944. The van der Waals surface area contributed by atoms with E-state index in [-0.39, 0.29) is 45.9 Å². The highest BCUT2D eigenvalue weighted by Gasteiger charge is 2.18. The summed E-state index contributed by atoms with van der Waals surface area (Å²) in [4.78, 5) is 12.0. The number of hydrogen-bond donors (Lipinski definition) is 4. The van der Waals surface area contributed by atoms with Gasteiger partial charge in [0.2, 0.25) is 0 Å². The van der Waals surface area contributed by atoms with Gasteiger partial charge < -0.3 is 20.3 Å². The molecule has 2 aromatic carbocycles. The van der Waals surface area contributed by atoms with Crippen LogP contribution in [0, 0.1) is 5.82 Å². The lowest BCUT2D eigenvalue weighted by molar-refractivity contribution is 0.200. The number of phenolic OH excluding ortho intramolecular Hbond substituents is 2. The highest BCUT2D eigenvalue weighted by atomic mass is 35.5. The predicted octanol–water partition coefficient (Wildman–Crippen LogP) is 3.57. The van der Waals surface area contributed by atoms with Gasteiger partial charge in [-0.25, -0.2) is 9.18 Å². The molecular weight excluding hydrogens is 365 g/mol. The number of nitrogens with one attached hydrogen (secondary N) is 2. The van der Waals surface area contributed by atoms with E-state index in [1.807, 2.05) is 0 Å². The van der Waals surface area contributed by atoms with Crippen LogP contribution < -0.4 is 10.1 Å². The summed E-state index contributed by atoms with van der Waals surface area (Å²) in [5, 5.41) is 28.4. The van der Waals surface area contributed by atoms with Gasteiger partial charge in [0, 0.05) is 18.2 Å². The minimum atomic E-state index is -0.763. The van der Waals surface area contributed by atoms with Crippen molar-refractivity contribution in [1.29, 1.82) is 0 Å². The molecule has 0 fully saturated rings. The fourth-order valence-electron chi connectivity index (χ4n) is 2.20. The number of carbonyl (C=O) groups excluding carboxylic acids is 1. The maximum absolute atomic E-state index is 12.9. The van der Waals surface area contributed by atoms with Gasteiger partial charge in [0.15, 0.2) is 5.75 Å². The van der Waals surface area contributed by atoms with Gasteiger partial charge in [-0.3, -0.25) is 5.10 Å². The summed E-state index contributed by atoms with van der Waals surface area (Å²) in [6, 6.07) is 8.00. The van der Waals surface area contributed by atoms with E-state index >= 15 is 0 Å². The van der Waals surface area contributed by atoms with Gasteiger partial charge in [-0.05, 0) is 23.8 Å². The van der Waals surface area contributed by atoms with Gasteiger partial charge in [0.05, 0.1) is 11.2 Å². The lowest BCUT2D eigenvalue weighted by Gasteiger charge is -2.08. The maximum atomic E-state index is 12.9. The second-order valence-corrected chi connectivity index (χ2v) is 5.70. The van der Waals surface area contributed by atoms with Crippen LogP contribution in [0.2, 0.25) is 5.02 Å². The second-order valence-electron chi connectivity index (χ2n) is 5.29. The molecule has 134 valence electrons. The van der Waals surface area contributed by atoms with E-state index < -0.39 is 6.09 Å². The Morgan fingerprint density at radius 1 is 1.23 bits per heavy atom. The Hall–Kier alpha value is -3.26. The van der Waals surface area contributed by atoms with Crippen molar-refractivity contribution in [1.82, 2.24) is 15.5 Å². The molecule has 0 spiro atoms. The minimum absolute atomic E-state index is 0.00695. The van der Waals surface area contributed by atoms with Crippen molar-refractivity contribution >= 4 is 17.7 Å². The first-order chi connectivity index (χ1) is 12.4. The molecule has 7 nitrogen and oxygen atoms in total. The van der Waals surface area contributed by atoms with Crippen LogP contribution in [0.5, 0.6) is 17.2 Å². The van der Waals surface area contributed by atoms with Crippen LogP contribution in [-0.2, 0) is 6.54 Å². The number of aromatic hydroxyl groups is 2. The standard InChI is InChI=1S/C17H13ClFN3O4/c18-12-5-11(13(23)6-14(12)24)16-15(8-21-22-16)26-17(25)20-7-9-1-3-10(19)4-2-9/h1-6,8,23-24H,7H2,(H,20,25)(H,21,22). The first-order valence-electron chi connectivity index (χ1n) is 7.40. The highest BCUT2D eigenvalue weighted by molar-refractivity contribution is 6.32. The number of benzene rings is 2. The van der Waals surface area contributed by atoms with E-state index in [2.05, 4.69) is 15.5 Å². The molecule has 0 bridgehead atoms. The number of amides is 1. The number of hydrogen-bond acceptors (Lipinski definition) is 5. The molecule has 3 rings (SSSR count). The molecule has 26 heavy (non-hydrogen) atoms. The molecular formula is C17H13ClFN3O4. The zero-order chi connectivity index (χ0) is 18.7. The van der Waals surface area contributed by atoms with Gasteiger partial charge >= 0.3 is 6.09 Å². The Morgan fingerprint density at radius 2 is 1.96 bits per heavy atom. The van der Waals surface area contributed by atoms with Gasteiger partial charge in [-0.15, -0.1) is 0 Å². The normalized spacial score (nSPS) is 10.5. The summed E-state index contributed by atoms with van der Waals surface area (Å²) in [6.45, 7) is 0.141. The first-order valence-corrected chi connectivity index (χ1v) is 7.77. The summed E-state index contributed by atoms with van der Waals surface area (Å²) < 4.78 is 18.0. The third kappa shape index (κ3) is 3.86. The number of carbonyl (C=O) groups is 1. The van der Waals surface area contributed by atoms with Crippen molar-refractivity contribution in [3.8, 4) is 28.5 Å². The van der Waals surface area contributed by atoms with Crippen molar-refractivity contribution in [2.45, 2.75) is 6.54 Å². The largest absolute Gasteiger partial charge is 0.507 e. The Morgan fingerprint density at radius 3 is 2.69 bits per heavy atom. The molecule has 4 N–H and O–H groups in total. The van der Waals surface area contributed by atoms with Crippen LogP contribution in [0.3, 0.4) is 0 Å². The summed E-state index contributed by atoms with van der Waals surface area (Å²) in [5.41, 5.74) is 1.01. The molecule has 0 radical (unpaired) electrons. The van der Waals surface area contributed by atoms with Crippen LogP contribution in [0.1, 0.15) is 5.56 Å². The predicted molar refractivity (Wildman–Crippen MR) is 91.6 cm³/mol. The maximum Gasteiger partial charge on any atom is 0.413 e. The number of nitrogens with zero attached hydrogens (tertiary/aromatic N) is 1. The van der Waals surface area contributed by atoms with Crippen LogP contribution in [0.15, 0.2) is 42.6 Å². The summed E-state index contributed by atoms with van der Waals surface area (Å²) >= 11 is 5.84. The smallest absolute Gasteiger partial charge is 0.413 e. The number of phenols is 2. The molecule has 0 aliphatic carbocycles. The number of halogens is 2. The second kappa shape index (κ2) is 7.32. The van der Waals surface area contributed by atoms with Gasteiger partial charge in [-0.1, -0.05) is 23.7 Å². The van der Waals surface area contributed by atoms with Crippen LogP contribution in [0.25, 0.3) is 11.3 Å². The fraction of sp³-hybridized carbons (Fsp3) is 0.0588. The average Bonchev–Trinajstić information content (AvgIpc) is 3.05. The third-order valence-corrected chi connectivity index (χ3v) is 3.78. The zero-order valence-electron chi connectivity index (χ0n) is 13.2. The van der Waals surface area contributed by atoms with Crippen molar-refractivity contribution in [2.24, 2.45) is 0 Å². The molecule has 0 saturated carbocycles. The number of aromatic amines is 1. The minimum Gasteiger partial charge on any atom is -0.507 e. The van der Waals surface area contributed by atoms with Crippen molar-refractivity contribution in [2.75, 3.05) is 0 Å². The van der Waals surface area contributed by atoms with Crippen molar-refractivity contribution < 1.29 is 24.1 Å². The fourth-order valence-corrected chi connectivity index (χ4v) is 2.37. The van der Waals surface area contributed by atoms with E-state index in [9.17, 15) is 19.4 Å². The summed E-state index contributed by atoms with van der Waals surface area (Å²) in [5.74, 6) is -0.885. The molecule has 0 aliphatic rings. The highest BCUT2D eigenvalue weighted by Crippen LogP contribution is 2.39. The molecule has 0 saturated heterocycles. The summed E-state index contributed by atoms with van der Waals surface area (Å²) in [6.07, 6.45) is 0.564. The lowest BCUT2D eigenvalue weighted by atomic mass is 10.1. The van der Waals surface area contributed by atoms with E-state index in [1.54, 1.807) is 0 Å². The van der Waals surface area contributed by atoms with Gasteiger partial charge in [-0.2, -0.15) is 5.10 Å². The molecule has 0 atom stereocenters. The van der Waals surface area contributed by atoms with E-state index in [0.717, 1.165) is 6.07 Å². The number of aromatic nitrogens is 2. The van der Waals surface area contributed by atoms with Gasteiger partial charge in [0.1, 0.15) is 23.0 Å². The van der Waals surface area contributed by atoms with Crippen LogP contribution in [0.4, 0.5) is 9.18 Å². The van der Waals surface area contributed by atoms with Crippen molar-refractivity contribution in [3.63, 3.8) is 0 Å². The molecule has 0 unspecified atom stereocenters. The Kier molecular flexibility index (Phi) is 4.94. The zero-order valence-corrected chi connectivity index (χ0v) is 13.9. The molecule has 1 aromatic heterocycles. The molecule has 1 heterocycles. The van der Waals surface area contributed by atoms with Crippen molar-refractivity contribution in [3.05, 3.63) is 59.0 Å². The lowest BCUT2D eigenvalue weighted by Crippen LogP contribution is -2.26. The summed E-state index contributed by atoms with van der Waals surface area (Å²) in [7, 11) is 0. The number of H-pyrrole nitrogens is 1. The van der Waals surface area contributed by atoms with E-state index in [4.69, 9.17) is 16.3 Å². The average molecular weight is 378 g/mol. The molecule has 0 aliphatic heterocycles. The molecule has 1 amide bonds. The number of ether oxygens (including phenoxy) is 1. The Balaban J connectivity index is 1.72. The SMILES string of the molecule is O=C(NCc1ccc(F)cc1)Oc1c[nH]nc1-c1cc(Cl)c(O)cc1O. The third-order valence-electron chi connectivity index (χ3n) is 3.48. The topological polar surface area (TPSA) is 107 Å².